The van der Waals surface area contributed by atoms with Crippen LogP contribution in [0.5, 0.6) is 0 Å². The van der Waals surface area contributed by atoms with Crippen LogP contribution in [0.25, 0.3) is 0 Å². The van der Waals surface area contributed by atoms with Crippen molar-refractivity contribution in [1.82, 2.24) is 26.3 Å². The molecule has 77 heavy (non-hydrogen) atoms. The fourth-order valence-corrected chi connectivity index (χ4v) is 8.14. The largest absolute Gasteiger partial charge is 0.476 e. The molecule has 6 rings (SSSR count). The maximum atomic E-state index is 13.6. The number of amides is 3. The summed E-state index contributed by atoms with van der Waals surface area (Å²) < 4.78 is 30.2. The summed E-state index contributed by atoms with van der Waals surface area (Å²) in [7, 11) is 2.90. The predicted octanol–water partition coefficient (Wildman–Crippen LogP) is 4.78. The number of hydrogen-bond acceptors (Lipinski definition) is 17. The van der Waals surface area contributed by atoms with Crippen LogP contribution in [-0.2, 0) is 60.6 Å². The summed E-state index contributed by atoms with van der Waals surface area (Å²) >= 11 is 0. The number of Topliss-reactive ketones (excluding diaryl/α,β-unsaturated/α-hetero) is 4. The lowest BCUT2D eigenvalue weighted by Gasteiger charge is -2.25. The molecular weight excluding hydrogens is 997 g/mol. The number of carboxylic acids is 1. The first-order chi connectivity index (χ1) is 36.4. The van der Waals surface area contributed by atoms with Crippen LogP contribution in [0.2, 0.25) is 0 Å². The van der Waals surface area contributed by atoms with E-state index in [0.717, 1.165) is 11.1 Å². The number of epoxide rings is 2. The Kier molecular flexibility index (Phi) is 24.2. The van der Waals surface area contributed by atoms with E-state index in [-0.39, 0.29) is 84.7 Å². The molecule has 2 aromatic heterocycles. The van der Waals surface area contributed by atoms with Crippen molar-refractivity contribution >= 4 is 46.8 Å². The molecule has 4 heterocycles. The molecule has 6 N–H and O–H groups in total. The predicted molar refractivity (Wildman–Crippen MR) is 280 cm³/mol. The van der Waals surface area contributed by atoms with Crippen LogP contribution in [0, 0.1) is 37.5 Å². The van der Waals surface area contributed by atoms with E-state index >= 15 is 0 Å². The summed E-state index contributed by atoms with van der Waals surface area (Å²) in [4.78, 5) is 101. The molecule has 2 aromatic carbocycles. The third kappa shape index (κ3) is 20.6. The van der Waals surface area contributed by atoms with E-state index in [2.05, 4.69) is 30.8 Å². The average Bonchev–Trinajstić information content (AvgIpc) is 4.22. The Hall–Kier alpha value is -6.78. The second kappa shape index (κ2) is 29.7. The number of aryl methyl sites for hydroxylation is 2. The zero-order chi connectivity index (χ0) is 57.0. The molecule has 2 aliphatic heterocycles. The van der Waals surface area contributed by atoms with Crippen molar-refractivity contribution in [3.63, 3.8) is 0 Å². The van der Waals surface area contributed by atoms with Gasteiger partial charge in [0.2, 0.25) is 11.8 Å². The highest BCUT2D eigenvalue weighted by atomic mass is 16.6. The van der Waals surface area contributed by atoms with Gasteiger partial charge in [-0.3, -0.25) is 33.6 Å². The van der Waals surface area contributed by atoms with Crippen molar-refractivity contribution in [2.45, 2.75) is 129 Å². The lowest BCUT2D eigenvalue weighted by molar-refractivity contribution is -0.134. The van der Waals surface area contributed by atoms with Gasteiger partial charge in [-0.2, -0.15) is 0 Å². The van der Waals surface area contributed by atoms with Gasteiger partial charge >= 0.3 is 5.97 Å². The highest BCUT2D eigenvalue weighted by molar-refractivity contribution is 6.00. The fraction of sp³-hybridized carbons (Fsp3) is 0.536. The van der Waals surface area contributed by atoms with Crippen LogP contribution in [0.3, 0.4) is 0 Å². The van der Waals surface area contributed by atoms with E-state index in [1.807, 2.05) is 88.4 Å². The Labute approximate surface area is 449 Å². The summed E-state index contributed by atoms with van der Waals surface area (Å²) in [5, 5.41) is 23.6. The van der Waals surface area contributed by atoms with E-state index in [1.165, 1.54) is 26.4 Å². The number of ether oxygens (including phenoxy) is 4. The molecule has 3 amide bonds. The van der Waals surface area contributed by atoms with Gasteiger partial charge in [-0.15, -0.1) is 0 Å². The summed E-state index contributed by atoms with van der Waals surface area (Å²) in [5.41, 5.74) is 5.97. The van der Waals surface area contributed by atoms with Crippen LogP contribution in [0.15, 0.2) is 81.8 Å². The van der Waals surface area contributed by atoms with Gasteiger partial charge in [-0.25, -0.2) is 4.79 Å². The Balaban J connectivity index is 0.000000291. The van der Waals surface area contributed by atoms with Crippen molar-refractivity contribution in [3.8, 4) is 0 Å². The summed E-state index contributed by atoms with van der Waals surface area (Å²) in [6.07, 6.45) is 1.46. The molecule has 8 atom stereocenters. The van der Waals surface area contributed by atoms with Crippen LogP contribution >= 0.6 is 0 Å². The van der Waals surface area contributed by atoms with Gasteiger partial charge in [-0.05, 0) is 76.3 Å². The third-order valence-corrected chi connectivity index (χ3v) is 12.7. The minimum atomic E-state index is -1.06. The summed E-state index contributed by atoms with van der Waals surface area (Å²) in [6.45, 7) is 15.4. The molecule has 4 aromatic rings. The van der Waals surface area contributed by atoms with Gasteiger partial charge in [0.1, 0.15) is 28.8 Å². The molecule has 0 radical (unpaired) electrons. The zero-order valence-corrected chi connectivity index (χ0v) is 45.8. The molecule has 2 aliphatic rings. The van der Waals surface area contributed by atoms with Gasteiger partial charge < -0.3 is 54.8 Å². The number of carbonyl (C=O) groups excluding carboxylic acids is 7. The Morgan fingerprint density at radius 1 is 0.623 bits per heavy atom. The number of carbonyl (C=O) groups is 8. The SMILES string of the molecule is COC[C@H](N)C(=O)C[C@@H](Cc1ccccc1)C(=O)N[C@@H](CC(C)C)C(=O)[C@@]1(C)CO1.COC[C@H](NC(=O)c1cc(C)on1)C(=O)C[C@@H](Cc1ccccc1)C(=O)N[C@@H](CC(C)C)C(=O)[C@@]1(C)CO1.Cc1cc(C(=O)O)no1. The first-order valence-corrected chi connectivity index (χ1v) is 25.6. The van der Waals surface area contributed by atoms with Gasteiger partial charge in [0.15, 0.2) is 34.5 Å². The summed E-state index contributed by atoms with van der Waals surface area (Å²) in [5.74, 6) is -3.33. The molecule has 0 bridgehead atoms. The smallest absolute Gasteiger partial charge is 0.358 e. The Morgan fingerprint density at radius 3 is 1.36 bits per heavy atom. The normalized spacial score (nSPS) is 18.6. The van der Waals surface area contributed by atoms with Crippen molar-refractivity contribution in [1.29, 1.82) is 0 Å². The second-order valence-corrected chi connectivity index (χ2v) is 20.8. The Bertz CT molecular complexity index is 2590. The zero-order valence-electron chi connectivity index (χ0n) is 45.8. The molecule has 0 saturated carbocycles. The molecule has 0 aliphatic carbocycles. The van der Waals surface area contributed by atoms with E-state index in [9.17, 15) is 38.4 Å². The molecule has 21 nitrogen and oxygen atoms in total. The maximum Gasteiger partial charge on any atom is 0.358 e. The number of ketones is 4. The molecule has 0 spiro atoms. The molecule has 420 valence electrons. The molecular formula is C56H76N6O15. The lowest BCUT2D eigenvalue weighted by atomic mass is 9.89. The lowest BCUT2D eigenvalue weighted by Crippen LogP contribution is -2.50. The van der Waals surface area contributed by atoms with Crippen molar-refractivity contribution in [3.05, 3.63) is 107 Å². The second-order valence-electron chi connectivity index (χ2n) is 20.8. The fourth-order valence-electron chi connectivity index (χ4n) is 8.14. The van der Waals surface area contributed by atoms with Crippen LogP contribution in [0.1, 0.15) is 111 Å². The number of nitrogens with one attached hydrogen (secondary N) is 3. The van der Waals surface area contributed by atoms with E-state index in [1.54, 1.807) is 27.7 Å². The first-order valence-electron chi connectivity index (χ1n) is 25.6. The minimum absolute atomic E-state index is 0.0123. The average molecular weight is 1070 g/mol. The van der Waals surface area contributed by atoms with E-state index in [4.69, 9.17) is 34.3 Å². The Morgan fingerprint density at radius 2 is 1.03 bits per heavy atom. The van der Waals surface area contributed by atoms with Gasteiger partial charge in [0.25, 0.3) is 5.91 Å². The quantitative estimate of drug-likeness (QED) is 0.0457. The number of hydrogen-bond donors (Lipinski definition) is 5. The van der Waals surface area contributed by atoms with E-state index in [0.29, 0.717) is 44.0 Å². The molecule has 2 saturated heterocycles. The van der Waals surface area contributed by atoms with Crippen LogP contribution < -0.4 is 21.7 Å². The number of rotatable bonds is 29. The first kappa shape index (κ1) is 62.8. The third-order valence-electron chi connectivity index (χ3n) is 12.7. The van der Waals surface area contributed by atoms with E-state index < -0.39 is 65.0 Å². The van der Waals surface area contributed by atoms with Gasteiger partial charge in [0.05, 0.1) is 44.6 Å². The molecule has 2 fully saturated rings. The van der Waals surface area contributed by atoms with Gasteiger partial charge in [-0.1, -0.05) is 98.7 Å². The molecule has 0 unspecified atom stereocenters. The van der Waals surface area contributed by atoms with Crippen molar-refractivity contribution < 1.29 is 71.5 Å². The van der Waals surface area contributed by atoms with Crippen LogP contribution in [-0.4, -0.2) is 138 Å². The molecule has 21 heteroatoms. The highest BCUT2D eigenvalue weighted by Crippen LogP contribution is 2.31. The number of nitrogens with two attached hydrogens (primary N) is 1. The van der Waals surface area contributed by atoms with Gasteiger partial charge in [0, 0.05) is 51.0 Å². The topological polar surface area (TPSA) is 314 Å². The number of carboxylic acid groups (broad SMARTS) is 1. The van der Waals surface area contributed by atoms with Crippen LogP contribution in [0.4, 0.5) is 0 Å². The maximum absolute atomic E-state index is 13.6. The van der Waals surface area contributed by atoms with Crippen molar-refractivity contribution in [2.75, 3.05) is 40.6 Å². The number of aromatic carboxylic acids is 1. The minimum Gasteiger partial charge on any atom is -0.476 e. The number of aromatic nitrogens is 2. The highest BCUT2D eigenvalue weighted by Gasteiger charge is 2.51. The number of nitrogens with zero attached hydrogens (tertiary/aromatic N) is 2. The number of methoxy groups -OCH3 is 2. The standard InChI is InChI=1S/C28H37N3O7.C23H34N2O5.C5H5NO3/c1-17(2)11-21(25(33)28(4)16-37-28)29-26(34)20(13-19-9-7-6-8-10-19)14-24(32)23(15-36-5)30-27(35)22-12-18(3)38-31-22;1-15(2)10-19(21(27)23(3)14-30-23)25-22(28)17(11-16-8-6-5-7-9-16)12-20(26)18(24)13-29-4;1-3-2-4(5(7)8)6-9-3/h6-10,12,17,20-21,23H,11,13-16H2,1-5H3,(H,29,34)(H,30,35);5-9,15,17-19H,10-14,24H2,1-4H3,(H,25,28);2H,1H3,(H,7,8)/t20-,21+,23+,28-;17-,18+,19+,23-;/m11./s1. The van der Waals surface area contributed by atoms with Crippen molar-refractivity contribution in [2.24, 2.45) is 29.4 Å². The number of benzene rings is 2. The summed E-state index contributed by atoms with van der Waals surface area (Å²) in [6, 6.07) is 18.5. The monoisotopic (exact) mass is 1070 g/mol.